The van der Waals surface area contributed by atoms with E-state index in [0.717, 1.165) is 16.8 Å². The van der Waals surface area contributed by atoms with Gasteiger partial charge in [-0.15, -0.1) is 0 Å². The minimum absolute atomic E-state index is 0.210. The SMILES string of the molecule is C/C(=N/NC(=O)c1ccccc1C)c1ccc(N)cc1. The van der Waals surface area contributed by atoms with Gasteiger partial charge in [0.2, 0.25) is 0 Å². The first-order chi connectivity index (χ1) is 9.58. The molecule has 0 atom stereocenters. The second-order valence-corrected chi connectivity index (χ2v) is 4.58. The average Bonchev–Trinajstić information content (AvgIpc) is 2.45. The minimum Gasteiger partial charge on any atom is -0.399 e. The van der Waals surface area contributed by atoms with Crippen molar-refractivity contribution in [1.82, 2.24) is 5.43 Å². The van der Waals surface area contributed by atoms with E-state index in [2.05, 4.69) is 10.5 Å². The van der Waals surface area contributed by atoms with Gasteiger partial charge in [0, 0.05) is 11.3 Å². The molecule has 2 rings (SSSR count). The molecule has 0 fully saturated rings. The third-order valence-corrected chi connectivity index (χ3v) is 3.04. The molecule has 0 aliphatic rings. The number of benzene rings is 2. The monoisotopic (exact) mass is 267 g/mol. The second-order valence-electron chi connectivity index (χ2n) is 4.58. The van der Waals surface area contributed by atoms with E-state index >= 15 is 0 Å². The number of nitrogen functional groups attached to an aromatic ring is 1. The Morgan fingerprint density at radius 1 is 1.10 bits per heavy atom. The van der Waals surface area contributed by atoms with E-state index in [1.165, 1.54) is 0 Å². The number of anilines is 1. The molecule has 0 radical (unpaired) electrons. The zero-order valence-electron chi connectivity index (χ0n) is 11.6. The summed E-state index contributed by atoms with van der Waals surface area (Å²) in [6, 6.07) is 14.7. The topological polar surface area (TPSA) is 67.5 Å². The van der Waals surface area contributed by atoms with Crippen molar-refractivity contribution in [3.8, 4) is 0 Å². The standard InChI is InChI=1S/C16H17N3O/c1-11-5-3-4-6-15(11)16(20)19-18-12(2)13-7-9-14(17)10-8-13/h3-10H,17H2,1-2H3,(H,19,20)/b18-12-. The van der Waals surface area contributed by atoms with Crippen LogP contribution in [0.2, 0.25) is 0 Å². The molecule has 0 spiro atoms. The van der Waals surface area contributed by atoms with Crippen LogP contribution < -0.4 is 11.2 Å². The predicted molar refractivity (Wildman–Crippen MR) is 81.7 cm³/mol. The molecule has 0 heterocycles. The molecule has 0 aromatic heterocycles. The maximum atomic E-state index is 12.0. The summed E-state index contributed by atoms with van der Waals surface area (Å²) in [5.74, 6) is -0.210. The van der Waals surface area contributed by atoms with E-state index in [4.69, 9.17) is 5.73 Å². The molecule has 4 heteroatoms. The van der Waals surface area contributed by atoms with Crippen LogP contribution in [-0.4, -0.2) is 11.6 Å². The Hall–Kier alpha value is -2.62. The Morgan fingerprint density at radius 2 is 1.75 bits per heavy atom. The van der Waals surface area contributed by atoms with Gasteiger partial charge in [-0.3, -0.25) is 4.79 Å². The van der Waals surface area contributed by atoms with Crippen molar-refractivity contribution in [1.29, 1.82) is 0 Å². The molecule has 1 amide bonds. The van der Waals surface area contributed by atoms with Crippen molar-refractivity contribution in [2.45, 2.75) is 13.8 Å². The highest BCUT2D eigenvalue weighted by molar-refractivity contribution is 6.01. The van der Waals surface area contributed by atoms with E-state index in [1.807, 2.05) is 44.2 Å². The van der Waals surface area contributed by atoms with Crippen LogP contribution in [0.25, 0.3) is 0 Å². The van der Waals surface area contributed by atoms with E-state index in [1.54, 1.807) is 18.2 Å². The van der Waals surface area contributed by atoms with E-state index in [9.17, 15) is 4.79 Å². The van der Waals surface area contributed by atoms with Crippen LogP contribution in [0.5, 0.6) is 0 Å². The van der Waals surface area contributed by atoms with Crippen molar-refractivity contribution < 1.29 is 4.79 Å². The van der Waals surface area contributed by atoms with E-state index < -0.39 is 0 Å². The molecule has 3 N–H and O–H groups in total. The number of hydrogen-bond donors (Lipinski definition) is 2. The molecule has 0 saturated heterocycles. The lowest BCUT2D eigenvalue weighted by atomic mass is 10.1. The molecule has 0 saturated carbocycles. The number of aryl methyl sites for hydroxylation is 1. The van der Waals surface area contributed by atoms with Crippen molar-refractivity contribution in [3.05, 3.63) is 65.2 Å². The number of nitrogens with zero attached hydrogens (tertiary/aromatic N) is 1. The second kappa shape index (κ2) is 6.02. The summed E-state index contributed by atoms with van der Waals surface area (Å²) in [6.45, 7) is 3.73. The summed E-state index contributed by atoms with van der Waals surface area (Å²) >= 11 is 0. The van der Waals surface area contributed by atoms with Gasteiger partial charge in [-0.1, -0.05) is 30.3 Å². The Balaban J connectivity index is 2.11. The van der Waals surface area contributed by atoms with Gasteiger partial charge in [-0.25, -0.2) is 5.43 Å². The molecule has 0 bridgehead atoms. The fourth-order valence-electron chi connectivity index (χ4n) is 1.81. The molecule has 2 aromatic carbocycles. The summed E-state index contributed by atoms with van der Waals surface area (Å²) in [5, 5.41) is 4.12. The largest absolute Gasteiger partial charge is 0.399 e. The van der Waals surface area contributed by atoms with Crippen LogP contribution in [0.4, 0.5) is 5.69 Å². The zero-order valence-corrected chi connectivity index (χ0v) is 11.6. The zero-order chi connectivity index (χ0) is 14.5. The van der Waals surface area contributed by atoms with Gasteiger partial charge < -0.3 is 5.73 Å². The summed E-state index contributed by atoms with van der Waals surface area (Å²) < 4.78 is 0. The molecular weight excluding hydrogens is 250 g/mol. The van der Waals surface area contributed by atoms with E-state index in [-0.39, 0.29) is 5.91 Å². The number of carbonyl (C=O) groups is 1. The van der Waals surface area contributed by atoms with Crippen LogP contribution in [0.1, 0.15) is 28.4 Å². The van der Waals surface area contributed by atoms with Crippen molar-refractivity contribution in [3.63, 3.8) is 0 Å². The third-order valence-electron chi connectivity index (χ3n) is 3.04. The molecule has 4 nitrogen and oxygen atoms in total. The minimum atomic E-state index is -0.210. The molecule has 2 aromatic rings. The first-order valence-corrected chi connectivity index (χ1v) is 6.34. The van der Waals surface area contributed by atoms with Crippen molar-refractivity contribution in [2.75, 3.05) is 5.73 Å². The van der Waals surface area contributed by atoms with Gasteiger partial charge in [-0.2, -0.15) is 5.10 Å². The van der Waals surface area contributed by atoms with Gasteiger partial charge in [0.25, 0.3) is 5.91 Å². The molecule has 0 unspecified atom stereocenters. The lowest BCUT2D eigenvalue weighted by molar-refractivity contribution is 0.0954. The lowest BCUT2D eigenvalue weighted by Crippen LogP contribution is -2.20. The Bertz CT molecular complexity index is 645. The quantitative estimate of drug-likeness (QED) is 0.510. The summed E-state index contributed by atoms with van der Waals surface area (Å²) in [7, 11) is 0. The summed E-state index contributed by atoms with van der Waals surface area (Å²) in [6.07, 6.45) is 0. The lowest BCUT2D eigenvalue weighted by Gasteiger charge is -2.05. The maximum Gasteiger partial charge on any atom is 0.271 e. The Morgan fingerprint density at radius 3 is 2.40 bits per heavy atom. The van der Waals surface area contributed by atoms with Gasteiger partial charge in [0.15, 0.2) is 0 Å². The number of hydrazone groups is 1. The van der Waals surface area contributed by atoms with Gasteiger partial charge in [-0.05, 0) is 43.2 Å². The smallest absolute Gasteiger partial charge is 0.271 e. The van der Waals surface area contributed by atoms with Crippen LogP contribution in [0.3, 0.4) is 0 Å². The van der Waals surface area contributed by atoms with Crippen molar-refractivity contribution in [2.24, 2.45) is 5.10 Å². The molecule has 0 aliphatic heterocycles. The number of carbonyl (C=O) groups excluding carboxylic acids is 1. The number of hydrogen-bond acceptors (Lipinski definition) is 3. The summed E-state index contributed by atoms with van der Waals surface area (Å²) in [5.41, 5.74) is 12.1. The van der Waals surface area contributed by atoms with Crippen LogP contribution in [0.15, 0.2) is 53.6 Å². The fraction of sp³-hybridized carbons (Fsp3) is 0.125. The number of nitrogens with one attached hydrogen (secondary N) is 1. The van der Waals surface area contributed by atoms with E-state index in [0.29, 0.717) is 11.3 Å². The molecule has 20 heavy (non-hydrogen) atoms. The van der Waals surface area contributed by atoms with Gasteiger partial charge in [0.05, 0.1) is 5.71 Å². The normalized spacial score (nSPS) is 11.2. The van der Waals surface area contributed by atoms with Crippen LogP contribution in [-0.2, 0) is 0 Å². The number of amides is 1. The first kappa shape index (κ1) is 13.8. The van der Waals surface area contributed by atoms with Crippen LogP contribution >= 0.6 is 0 Å². The van der Waals surface area contributed by atoms with Gasteiger partial charge in [0.1, 0.15) is 0 Å². The number of rotatable bonds is 3. The fourth-order valence-corrected chi connectivity index (χ4v) is 1.81. The van der Waals surface area contributed by atoms with Gasteiger partial charge >= 0.3 is 0 Å². The predicted octanol–water partition coefficient (Wildman–Crippen LogP) is 2.73. The summed E-state index contributed by atoms with van der Waals surface area (Å²) in [4.78, 5) is 12.0. The third kappa shape index (κ3) is 3.23. The molecule has 102 valence electrons. The molecular formula is C16H17N3O. The molecule has 0 aliphatic carbocycles. The number of nitrogens with two attached hydrogens (primary N) is 1. The first-order valence-electron chi connectivity index (χ1n) is 6.34. The van der Waals surface area contributed by atoms with Crippen molar-refractivity contribution >= 4 is 17.3 Å². The maximum absolute atomic E-state index is 12.0. The highest BCUT2D eigenvalue weighted by Gasteiger charge is 2.07. The average molecular weight is 267 g/mol. The Kier molecular flexibility index (Phi) is 4.15. The van der Waals surface area contributed by atoms with Crippen LogP contribution in [0, 0.1) is 6.92 Å². The highest BCUT2D eigenvalue weighted by Crippen LogP contribution is 2.08. The highest BCUT2D eigenvalue weighted by atomic mass is 16.2. The Labute approximate surface area is 118 Å².